The van der Waals surface area contributed by atoms with Crippen LogP contribution in [-0.4, -0.2) is 62.1 Å². The van der Waals surface area contributed by atoms with Gasteiger partial charge in [-0.25, -0.2) is 0 Å². The van der Waals surface area contributed by atoms with Crippen LogP contribution < -0.4 is 20.4 Å². The number of hydrogen-bond acceptors (Lipinski definition) is 5. The Morgan fingerprint density at radius 2 is 1.13 bits per heavy atom. The Morgan fingerprint density at radius 1 is 0.667 bits per heavy atom. The lowest BCUT2D eigenvalue weighted by Gasteiger charge is -2.29. The molecule has 2 fully saturated rings. The minimum Gasteiger partial charge on any atom is -0.369 e. The molecule has 2 N–H and O–H groups in total. The summed E-state index contributed by atoms with van der Waals surface area (Å²) in [6.07, 6.45) is 0. The van der Waals surface area contributed by atoms with Gasteiger partial charge in [0, 0.05) is 76.3 Å². The highest BCUT2D eigenvalue weighted by atomic mass is 15.3. The van der Waals surface area contributed by atoms with Gasteiger partial charge in [-0.1, -0.05) is 24.3 Å². The molecule has 0 saturated carbocycles. The lowest BCUT2D eigenvalue weighted by Crippen LogP contribution is -2.43. The average Bonchev–Trinajstić information content (AvgIpc) is 3.22. The molecule has 0 bridgehead atoms. The SMILES string of the molecule is Cn1nc(-c2ccc(N3CCNCC3)cc2)cc1-c1ccc(N2CCNCC2)cc1. The Morgan fingerprint density at radius 3 is 1.63 bits per heavy atom. The summed E-state index contributed by atoms with van der Waals surface area (Å²) < 4.78 is 1.99. The Bertz CT molecular complexity index is 964. The third kappa shape index (κ3) is 3.93. The number of hydrogen-bond donors (Lipinski definition) is 2. The maximum atomic E-state index is 4.79. The van der Waals surface area contributed by atoms with E-state index in [1.165, 1.54) is 16.9 Å². The number of aromatic nitrogens is 2. The van der Waals surface area contributed by atoms with Crippen molar-refractivity contribution in [3.8, 4) is 22.5 Å². The third-order valence-electron chi connectivity index (χ3n) is 6.17. The van der Waals surface area contributed by atoms with Gasteiger partial charge in [-0.2, -0.15) is 5.10 Å². The molecule has 2 aliphatic heterocycles. The van der Waals surface area contributed by atoms with Crippen molar-refractivity contribution in [2.75, 3.05) is 62.2 Å². The first-order valence-corrected chi connectivity index (χ1v) is 10.9. The van der Waals surface area contributed by atoms with E-state index in [0.29, 0.717) is 0 Å². The molecule has 2 aliphatic rings. The summed E-state index contributed by atoms with van der Waals surface area (Å²) in [6, 6.07) is 19.9. The molecule has 0 amide bonds. The minimum absolute atomic E-state index is 1.02. The van der Waals surface area contributed by atoms with E-state index < -0.39 is 0 Å². The minimum atomic E-state index is 1.02. The van der Waals surface area contributed by atoms with E-state index in [9.17, 15) is 0 Å². The number of nitrogens with zero attached hydrogens (tertiary/aromatic N) is 4. The molecule has 1 aromatic heterocycles. The lowest BCUT2D eigenvalue weighted by molar-refractivity contribution is 0.589. The van der Waals surface area contributed by atoms with Crippen LogP contribution in [0.5, 0.6) is 0 Å². The zero-order valence-corrected chi connectivity index (χ0v) is 17.6. The molecular formula is C24H30N6. The Kier molecular flexibility index (Phi) is 5.43. The number of rotatable bonds is 4. The van der Waals surface area contributed by atoms with Gasteiger partial charge in [-0.3, -0.25) is 4.68 Å². The topological polar surface area (TPSA) is 48.4 Å². The molecule has 30 heavy (non-hydrogen) atoms. The molecule has 156 valence electrons. The fourth-order valence-corrected chi connectivity index (χ4v) is 4.41. The smallest absolute Gasteiger partial charge is 0.0929 e. The monoisotopic (exact) mass is 402 g/mol. The van der Waals surface area contributed by atoms with Crippen LogP contribution >= 0.6 is 0 Å². The fraction of sp³-hybridized carbons (Fsp3) is 0.375. The van der Waals surface area contributed by atoms with E-state index in [0.717, 1.165) is 69.3 Å². The quantitative estimate of drug-likeness (QED) is 0.703. The van der Waals surface area contributed by atoms with Gasteiger partial charge in [0.15, 0.2) is 0 Å². The second-order valence-corrected chi connectivity index (χ2v) is 8.11. The molecule has 6 heteroatoms. The maximum Gasteiger partial charge on any atom is 0.0929 e. The van der Waals surface area contributed by atoms with Gasteiger partial charge in [0.05, 0.1) is 11.4 Å². The van der Waals surface area contributed by atoms with Crippen LogP contribution in [0.25, 0.3) is 22.5 Å². The first-order chi connectivity index (χ1) is 14.8. The molecule has 0 unspecified atom stereocenters. The molecule has 2 aromatic carbocycles. The van der Waals surface area contributed by atoms with Crippen molar-refractivity contribution < 1.29 is 0 Å². The second kappa shape index (κ2) is 8.50. The molecule has 0 aliphatic carbocycles. The van der Waals surface area contributed by atoms with E-state index in [1.807, 2.05) is 11.7 Å². The predicted octanol–water partition coefficient (Wildman–Crippen LogP) is 2.57. The number of anilines is 2. The van der Waals surface area contributed by atoms with Crippen molar-refractivity contribution in [2.45, 2.75) is 0 Å². The highest BCUT2D eigenvalue weighted by Gasteiger charge is 2.14. The van der Waals surface area contributed by atoms with Crippen molar-refractivity contribution in [2.24, 2.45) is 7.05 Å². The zero-order chi connectivity index (χ0) is 20.3. The van der Waals surface area contributed by atoms with E-state index >= 15 is 0 Å². The summed E-state index contributed by atoms with van der Waals surface area (Å²) in [5.74, 6) is 0. The van der Waals surface area contributed by atoms with Crippen molar-refractivity contribution >= 4 is 11.4 Å². The summed E-state index contributed by atoms with van der Waals surface area (Å²) in [4.78, 5) is 4.87. The van der Waals surface area contributed by atoms with Crippen LogP contribution in [-0.2, 0) is 7.05 Å². The number of benzene rings is 2. The summed E-state index contributed by atoms with van der Waals surface area (Å²) in [6.45, 7) is 8.49. The van der Waals surface area contributed by atoms with Crippen molar-refractivity contribution in [3.05, 3.63) is 54.6 Å². The Labute approximate surface area is 178 Å². The van der Waals surface area contributed by atoms with Gasteiger partial charge in [0.1, 0.15) is 0 Å². The molecule has 5 rings (SSSR count). The van der Waals surface area contributed by atoms with Crippen LogP contribution in [0.2, 0.25) is 0 Å². The largest absolute Gasteiger partial charge is 0.369 e. The molecule has 0 atom stereocenters. The molecule has 2 saturated heterocycles. The molecule has 6 nitrogen and oxygen atoms in total. The fourth-order valence-electron chi connectivity index (χ4n) is 4.41. The summed E-state index contributed by atoms with van der Waals surface area (Å²) in [5, 5.41) is 11.6. The van der Waals surface area contributed by atoms with Gasteiger partial charge >= 0.3 is 0 Å². The molecule has 0 radical (unpaired) electrons. The molecule has 0 spiro atoms. The van der Waals surface area contributed by atoms with Gasteiger partial charge in [0.2, 0.25) is 0 Å². The first kappa shape index (κ1) is 19.2. The number of nitrogens with one attached hydrogen (secondary N) is 2. The molecule has 3 aromatic rings. The van der Waals surface area contributed by atoms with Crippen LogP contribution in [0, 0.1) is 0 Å². The van der Waals surface area contributed by atoms with E-state index in [-0.39, 0.29) is 0 Å². The molecule has 3 heterocycles. The first-order valence-electron chi connectivity index (χ1n) is 10.9. The molecular weight excluding hydrogens is 372 g/mol. The standard InChI is InChI=1S/C24H30N6/c1-28-24(20-4-8-22(9-5-20)30-16-12-26-13-17-30)18-23(27-28)19-2-6-21(7-3-19)29-14-10-25-11-15-29/h2-9,18,25-26H,10-17H2,1H3. The summed E-state index contributed by atoms with van der Waals surface area (Å²) >= 11 is 0. The number of aryl methyl sites for hydroxylation is 1. The summed E-state index contributed by atoms with van der Waals surface area (Å²) in [5.41, 5.74) is 7.11. The van der Waals surface area contributed by atoms with Crippen LogP contribution in [0.3, 0.4) is 0 Å². The Balaban J connectivity index is 1.34. The Hall–Kier alpha value is -2.83. The van der Waals surface area contributed by atoms with Crippen LogP contribution in [0.4, 0.5) is 11.4 Å². The number of piperazine rings is 2. The van der Waals surface area contributed by atoms with Gasteiger partial charge in [-0.15, -0.1) is 0 Å². The van der Waals surface area contributed by atoms with Gasteiger partial charge in [-0.05, 0) is 35.9 Å². The highest BCUT2D eigenvalue weighted by molar-refractivity contribution is 5.71. The summed E-state index contributed by atoms with van der Waals surface area (Å²) in [7, 11) is 2.03. The van der Waals surface area contributed by atoms with E-state index in [2.05, 4.69) is 75.0 Å². The lowest BCUT2D eigenvalue weighted by atomic mass is 10.1. The zero-order valence-electron chi connectivity index (χ0n) is 17.6. The highest BCUT2D eigenvalue weighted by Crippen LogP contribution is 2.28. The third-order valence-corrected chi connectivity index (χ3v) is 6.17. The van der Waals surface area contributed by atoms with Crippen LogP contribution in [0.1, 0.15) is 0 Å². The normalized spacial score (nSPS) is 17.4. The van der Waals surface area contributed by atoms with E-state index in [4.69, 9.17) is 5.10 Å². The van der Waals surface area contributed by atoms with E-state index in [1.54, 1.807) is 0 Å². The average molecular weight is 403 g/mol. The second-order valence-electron chi connectivity index (χ2n) is 8.11. The van der Waals surface area contributed by atoms with Crippen molar-refractivity contribution in [3.63, 3.8) is 0 Å². The van der Waals surface area contributed by atoms with Crippen LogP contribution in [0.15, 0.2) is 54.6 Å². The maximum absolute atomic E-state index is 4.79. The van der Waals surface area contributed by atoms with Crippen molar-refractivity contribution in [1.29, 1.82) is 0 Å². The van der Waals surface area contributed by atoms with Gasteiger partial charge in [0.25, 0.3) is 0 Å². The van der Waals surface area contributed by atoms with Gasteiger partial charge < -0.3 is 20.4 Å². The predicted molar refractivity (Wildman–Crippen MR) is 124 cm³/mol. The van der Waals surface area contributed by atoms with Crippen molar-refractivity contribution in [1.82, 2.24) is 20.4 Å².